The van der Waals surface area contributed by atoms with Crippen LogP contribution in [0.1, 0.15) is 38.0 Å². The molecule has 0 radical (unpaired) electrons. The van der Waals surface area contributed by atoms with Crippen LogP contribution in [0, 0.1) is 5.92 Å². The molecule has 0 amide bonds. The van der Waals surface area contributed by atoms with E-state index in [-0.39, 0.29) is 11.2 Å². The van der Waals surface area contributed by atoms with Gasteiger partial charge in [0.05, 0.1) is 12.2 Å². The van der Waals surface area contributed by atoms with Crippen molar-refractivity contribution in [3.05, 3.63) is 54.0 Å². The van der Waals surface area contributed by atoms with Gasteiger partial charge in [0.25, 0.3) is 0 Å². The van der Waals surface area contributed by atoms with Crippen LogP contribution in [-0.4, -0.2) is 16.2 Å². The molecule has 1 unspecified atom stereocenters. The van der Waals surface area contributed by atoms with Crippen molar-refractivity contribution < 1.29 is 19.4 Å². The van der Waals surface area contributed by atoms with Crippen molar-refractivity contribution in [2.24, 2.45) is 5.92 Å². The first-order chi connectivity index (χ1) is 10.4. The second-order valence-corrected chi connectivity index (χ2v) is 6.29. The minimum Gasteiger partial charge on any atom is -0.508 e. The van der Waals surface area contributed by atoms with Crippen molar-refractivity contribution >= 4 is 5.97 Å². The highest BCUT2D eigenvalue weighted by Crippen LogP contribution is 2.31. The molecule has 2 aromatic rings. The van der Waals surface area contributed by atoms with E-state index < -0.39 is 11.9 Å². The zero-order valence-electron chi connectivity index (χ0n) is 13.0. The highest BCUT2D eigenvalue weighted by Gasteiger charge is 2.26. The zero-order chi connectivity index (χ0) is 16.2. The molecule has 1 atom stereocenters. The van der Waals surface area contributed by atoms with E-state index in [4.69, 9.17) is 4.42 Å². The molecule has 1 aromatic carbocycles. The number of hydrogen-bond acceptors (Lipinski definition) is 3. The summed E-state index contributed by atoms with van der Waals surface area (Å²) >= 11 is 0. The van der Waals surface area contributed by atoms with Gasteiger partial charge in [-0.15, -0.1) is 0 Å². The minimum atomic E-state index is -0.794. The number of hydrogen-bond donors (Lipinski definition) is 2. The molecule has 1 heterocycles. The van der Waals surface area contributed by atoms with E-state index in [1.54, 1.807) is 30.5 Å². The van der Waals surface area contributed by atoms with Crippen molar-refractivity contribution in [3.63, 3.8) is 0 Å². The summed E-state index contributed by atoms with van der Waals surface area (Å²) in [4.78, 5) is 11.4. The van der Waals surface area contributed by atoms with Crippen LogP contribution in [0.3, 0.4) is 0 Å². The molecule has 0 saturated carbocycles. The quantitative estimate of drug-likeness (QED) is 0.811. The predicted molar refractivity (Wildman–Crippen MR) is 83.9 cm³/mol. The molecule has 1 aromatic heterocycles. The van der Waals surface area contributed by atoms with Gasteiger partial charge < -0.3 is 14.6 Å². The monoisotopic (exact) mass is 302 g/mol. The summed E-state index contributed by atoms with van der Waals surface area (Å²) in [6, 6.07) is 10.7. The molecule has 0 aliphatic heterocycles. The van der Waals surface area contributed by atoms with Gasteiger partial charge in [-0.1, -0.05) is 26.0 Å². The fraction of sp³-hybridized carbons (Fsp3) is 0.389. The topological polar surface area (TPSA) is 70.7 Å². The zero-order valence-corrected chi connectivity index (χ0v) is 13.0. The summed E-state index contributed by atoms with van der Waals surface area (Å²) in [6.45, 7) is 4.18. The molecule has 0 aliphatic rings. The lowest BCUT2D eigenvalue weighted by Crippen LogP contribution is -2.23. The normalized spacial score (nSPS) is 13.0. The van der Waals surface area contributed by atoms with Gasteiger partial charge >= 0.3 is 5.97 Å². The number of carboxylic acid groups (broad SMARTS) is 1. The predicted octanol–water partition coefficient (Wildman–Crippen LogP) is 3.99. The molecule has 4 nitrogen and oxygen atoms in total. The first kappa shape index (κ1) is 16.1. The average molecular weight is 302 g/mol. The van der Waals surface area contributed by atoms with Crippen LogP contribution in [0.15, 0.2) is 47.1 Å². The molecule has 0 fully saturated rings. The van der Waals surface area contributed by atoms with Gasteiger partial charge in [0.15, 0.2) is 0 Å². The Bertz CT molecular complexity index is 597. The smallest absolute Gasteiger partial charge is 0.306 e. The van der Waals surface area contributed by atoms with Gasteiger partial charge in [-0.25, -0.2) is 0 Å². The number of benzene rings is 1. The van der Waals surface area contributed by atoms with Gasteiger partial charge in [0, 0.05) is 6.42 Å². The van der Waals surface area contributed by atoms with Crippen molar-refractivity contribution in [3.8, 4) is 5.75 Å². The third-order valence-corrected chi connectivity index (χ3v) is 4.14. The van der Waals surface area contributed by atoms with Gasteiger partial charge in [0.1, 0.15) is 11.5 Å². The maximum Gasteiger partial charge on any atom is 0.306 e. The number of carboxylic acids is 1. The fourth-order valence-electron chi connectivity index (χ4n) is 2.58. The van der Waals surface area contributed by atoms with Crippen LogP contribution in [0.25, 0.3) is 0 Å². The lowest BCUT2D eigenvalue weighted by atomic mass is 9.78. The van der Waals surface area contributed by atoms with Crippen molar-refractivity contribution in [1.29, 1.82) is 0 Å². The summed E-state index contributed by atoms with van der Waals surface area (Å²) in [5.74, 6) is -0.309. The molecule has 2 N–H and O–H groups in total. The summed E-state index contributed by atoms with van der Waals surface area (Å²) < 4.78 is 5.25. The minimum absolute atomic E-state index is 0.148. The Morgan fingerprint density at radius 1 is 1.23 bits per heavy atom. The van der Waals surface area contributed by atoms with Crippen LogP contribution < -0.4 is 0 Å². The van der Waals surface area contributed by atoms with E-state index in [0.29, 0.717) is 18.6 Å². The maximum atomic E-state index is 11.4. The number of aromatic hydroxyl groups is 1. The molecular formula is C18H22O4. The molecule has 0 saturated heterocycles. The van der Waals surface area contributed by atoms with E-state index >= 15 is 0 Å². The second kappa shape index (κ2) is 6.69. The van der Waals surface area contributed by atoms with Gasteiger partial charge in [-0.3, -0.25) is 4.79 Å². The van der Waals surface area contributed by atoms with Crippen LogP contribution >= 0.6 is 0 Å². The Morgan fingerprint density at radius 2 is 1.91 bits per heavy atom. The lowest BCUT2D eigenvalue weighted by Gasteiger charge is -2.26. The molecule has 118 valence electrons. The Kier molecular flexibility index (Phi) is 4.91. The molecule has 4 heteroatoms. The van der Waals surface area contributed by atoms with E-state index in [1.807, 2.05) is 12.1 Å². The van der Waals surface area contributed by atoms with E-state index in [1.165, 1.54) is 0 Å². The first-order valence-corrected chi connectivity index (χ1v) is 7.43. The number of phenolic OH excluding ortho intramolecular Hbond substituents is 1. The van der Waals surface area contributed by atoms with E-state index in [0.717, 1.165) is 12.0 Å². The molecule has 0 aliphatic carbocycles. The molecule has 0 bridgehead atoms. The largest absolute Gasteiger partial charge is 0.508 e. The lowest BCUT2D eigenvalue weighted by molar-refractivity contribution is -0.142. The number of carbonyl (C=O) groups is 1. The van der Waals surface area contributed by atoms with Crippen molar-refractivity contribution in [2.45, 2.75) is 38.5 Å². The van der Waals surface area contributed by atoms with E-state index in [2.05, 4.69) is 13.8 Å². The average Bonchev–Trinajstić information content (AvgIpc) is 2.96. The highest BCUT2D eigenvalue weighted by atomic mass is 16.4. The Labute approximate surface area is 130 Å². The third-order valence-electron chi connectivity index (χ3n) is 4.14. The molecule has 0 spiro atoms. The second-order valence-electron chi connectivity index (χ2n) is 6.29. The number of aliphatic carboxylic acids is 1. The molecular weight excluding hydrogens is 280 g/mol. The number of phenols is 1. The SMILES string of the molecule is CC(C)(CCC(Cc1ccco1)C(=O)O)c1ccc(O)cc1. The Balaban J connectivity index is 2.01. The van der Waals surface area contributed by atoms with Gasteiger partial charge in [0.2, 0.25) is 0 Å². The van der Waals surface area contributed by atoms with Crippen LogP contribution in [0.2, 0.25) is 0 Å². The molecule has 2 rings (SSSR count). The first-order valence-electron chi connectivity index (χ1n) is 7.43. The Morgan fingerprint density at radius 3 is 2.45 bits per heavy atom. The van der Waals surface area contributed by atoms with E-state index in [9.17, 15) is 15.0 Å². The third kappa shape index (κ3) is 4.13. The maximum absolute atomic E-state index is 11.4. The highest BCUT2D eigenvalue weighted by molar-refractivity contribution is 5.70. The standard InChI is InChI=1S/C18H22O4/c1-18(2,14-5-7-15(19)8-6-14)10-9-13(17(20)21)12-16-4-3-11-22-16/h3-8,11,13,19H,9-10,12H2,1-2H3,(H,20,21). The number of furan rings is 1. The fourth-order valence-corrected chi connectivity index (χ4v) is 2.58. The summed E-state index contributed by atoms with van der Waals surface area (Å²) in [6.07, 6.45) is 3.29. The summed E-state index contributed by atoms with van der Waals surface area (Å²) in [5, 5.41) is 18.8. The number of rotatable bonds is 7. The van der Waals surface area contributed by atoms with Gasteiger partial charge in [-0.2, -0.15) is 0 Å². The van der Waals surface area contributed by atoms with Crippen molar-refractivity contribution in [2.75, 3.05) is 0 Å². The van der Waals surface area contributed by atoms with Crippen LogP contribution in [0.4, 0.5) is 0 Å². The van der Waals surface area contributed by atoms with Gasteiger partial charge in [-0.05, 0) is 48.1 Å². The van der Waals surface area contributed by atoms with Crippen molar-refractivity contribution in [1.82, 2.24) is 0 Å². The Hall–Kier alpha value is -2.23. The molecule has 22 heavy (non-hydrogen) atoms. The summed E-state index contributed by atoms with van der Waals surface area (Å²) in [5.41, 5.74) is 0.942. The van der Waals surface area contributed by atoms with Crippen LogP contribution in [0.5, 0.6) is 5.75 Å². The van der Waals surface area contributed by atoms with Crippen LogP contribution in [-0.2, 0) is 16.6 Å². The summed E-state index contributed by atoms with van der Waals surface area (Å²) in [7, 11) is 0.